The molecule has 0 aliphatic heterocycles. The molecule has 0 bridgehead atoms. The molecule has 0 saturated carbocycles. The number of anilines is 1. The van der Waals surface area contributed by atoms with Crippen molar-refractivity contribution in [2.45, 2.75) is 17.2 Å². The Kier molecular flexibility index (Phi) is 5.95. The van der Waals surface area contributed by atoms with Crippen molar-refractivity contribution in [2.75, 3.05) is 12.4 Å². The maximum Gasteiger partial charge on any atom is 0.242 e. The van der Waals surface area contributed by atoms with Gasteiger partial charge in [0.25, 0.3) is 0 Å². The molecule has 0 fully saturated rings. The van der Waals surface area contributed by atoms with Gasteiger partial charge in [-0.25, -0.2) is 9.97 Å². The number of rotatable bonds is 6. The highest BCUT2D eigenvalue weighted by Crippen LogP contribution is 2.38. The molecule has 0 aliphatic rings. The van der Waals surface area contributed by atoms with E-state index in [1.165, 1.54) is 18.1 Å². The summed E-state index contributed by atoms with van der Waals surface area (Å²) < 4.78 is 5.42. The first kappa shape index (κ1) is 19.9. The molecular weight excluding hydrogens is 394 g/mol. The Morgan fingerprint density at radius 3 is 2.57 bits per heavy atom. The molecule has 0 aliphatic carbocycles. The first-order valence-corrected chi connectivity index (χ1v) is 10.4. The van der Waals surface area contributed by atoms with Crippen molar-refractivity contribution in [2.24, 2.45) is 0 Å². The quantitative estimate of drug-likeness (QED) is 0.337. The molecule has 0 saturated heterocycles. The van der Waals surface area contributed by atoms with Gasteiger partial charge in [0.1, 0.15) is 22.4 Å². The Morgan fingerprint density at radius 2 is 1.77 bits per heavy atom. The van der Waals surface area contributed by atoms with Gasteiger partial charge in [-0.15, -0.1) is 0 Å². The first-order valence-electron chi connectivity index (χ1n) is 9.52. The summed E-state index contributed by atoms with van der Waals surface area (Å²) in [5.74, 6) is 0.482. The van der Waals surface area contributed by atoms with Gasteiger partial charge in [-0.1, -0.05) is 66.4 Å². The van der Waals surface area contributed by atoms with E-state index in [0.717, 1.165) is 27.1 Å². The molecule has 6 heteroatoms. The number of hydrogen-bond donors (Lipinski definition) is 1. The number of para-hydroxylation sites is 1. The molecule has 1 amide bonds. The topological polar surface area (TPSA) is 64.1 Å². The number of thioether (sulfide) groups is 1. The minimum atomic E-state index is -0.491. The van der Waals surface area contributed by atoms with Crippen molar-refractivity contribution in [3.8, 4) is 5.75 Å². The number of carbonyl (C=O) groups excluding carboxylic acids is 1. The van der Waals surface area contributed by atoms with Crippen molar-refractivity contribution in [1.29, 1.82) is 0 Å². The smallest absolute Gasteiger partial charge is 0.242 e. The summed E-state index contributed by atoms with van der Waals surface area (Å²) in [6.45, 7) is 1.98. The number of aryl methyl sites for hydroxylation is 1. The minimum absolute atomic E-state index is 0.141. The number of amides is 1. The van der Waals surface area contributed by atoms with Crippen LogP contribution >= 0.6 is 11.8 Å². The lowest BCUT2D eigenvalue weighted by molar-refractivity contribution is -0.115. The molecule has 30 heavy (non-hydrogen) atoms. The molecule has 1 heterocycles. The average Bonchev–Trinajstić information content (AvgIpc) is 2.78. The SMILES string of the molecule is COc1ccc(C)cc1NC(=O)C(Sc1ncnc2ccccc12)c1ccccc1. The van der Waals surface area contributed by atoms with E-state index in [4.69, 9.17) is 4.74 Å². The zero-order valence-corrected chi connectivity index (χ0v) is 17.5. The first-order chi connectivity index (χ1) is 14.7. The lowest BCUT2D eigenvalue weighted by Crippen LogP contribution is -2.19. The number of methoxy groups -OCH3 is 1. The molecule has 3 aromatic carbocycles. The van der Waals surface area contributed by atoms with Crippen LogP contribution in [0.2, 0.25) is 0 Å². The number of benzene rings is 3. The zero-order chi connectivity index (χ0) is 20.9. The molecule has 0 radical (unpaired) electrons. The van der Waals surface area contributed by atoms with Crippen LogP contribution in [0.1, 0.15) is 16.4 Å². The third-order valence-corrected chi connectivity index (χ3v) is 5.96. The van der Waals surface area contributed by atoms with E-state index < -0.39 is 5.25 Å². The molecule has 4 aromatic rings. The third-order valence-electron chi connectivity index (χ3n) is 4.69. The largest absolute Gasteiger partial charge is 0.495 e. The van der Waals surface area contributed by atoms with Gasteiger partial charge in [-0.3, -0.25) is 4.79 Å². The number of ether oxygens (including phenoxy) is 1. The highest BCUT2D eigenvalue weighted by molar-refractivity contribution is 8.00. The van der Waals surface area contributed by atoms with Gasteiger partial charge in [0.2, 0.25) is 5.91 Å². The predicted octanol–water partition coefficient (Wildman–Crippen LogP) is 5.42. The molecular formula is C24H21N3O2S. The van der Waals surface area contributed by atoms with Gasteiger partial charge >= 0.3 is 0 Å². The molecule has 1 N–H and O–H groups in total. The second-order valence-corrected chi connectivity index (χ2v) is 7.89. The van der Waals surface area contributed by atoms with Gasteiger partial charge in [0.15, 0.2) is 0 Å². The van der Waals surface area contributed by atoms with Gasteiger partial charge in [-0.05, 0) is 36.2 Å². The van der Waals surface area contributed by atoms with Crippen LogP contribution in [0.15, 0.2) is 84.1 Å². The number of fused-ring (bicyclic) bond motifs is 1. The summed E-state index contributed by atoms with van der Waals surface area (Å²) in [6, 6.07) is 23.2. The van der Waals surface area contributed by atoms with Crippen LogP contribution < -0.4 is 10.1 Å². The molecule has 0 spiro atoms. The monoisotopic (exact) mass is 415 g/mol. The van der Waals surface area contributed by atoms with E-state index in [-0.39, 0.29) is 5.91 Å². The maximum absolute atomic E-state index is 13.4. The van der Waals surface area contributed by atoms with Crippen molar-refractivity contribution in [3.63, 3.8) is 0 Å². The normalized spacial score (nSPS) is 11.8. The Bertz CT molecular complexity index is 1180. The molecule has 150 valence electrons. The van der Waals surface area contributed by atoms with E-state index in [0.29, 0.717) is 11.4 Å². The van der Waals surface area contributed by atoms with Crippen LogP contribution in [0.25, 0.3) is 10.9 Å². The van der Waals surface area contributed by atoms with Crippen LogP contribution in [0, 0.1) is 6.92 Å². The van der Waals surface area contributed by atoms with Gasteiger partial charge in [0.05, 0.1) is 18.3 Å². The summed E-state index contributed by atoms with van der Waals surface area (Å²) in [4.78, 5) is 22.2. The number of carbonyl (C=O) groups is 1. The average molecular weight is 416 g/mol. The molecule has 1 atom stereocenters. The van der Waals surface area contributed by atoms with Gasteiger partial charge in [0, 0.05) is 5.39 Å². The fourth-order valence-corrected chi connectivity index (χ4v) is 4.29. The van der Waals surface area contributed by atoms with E-state index in [2.05, 4.69) is 15.3 Å². The molecule has 5 nitrogen and oxygen atoms in total. The summed E-state index contributed by atoms with van der Waals surface area (Å²) >= 11 is 1.41. The van der Waals surface area contributed by atoms with Gasteiger partial charge in [-0.2, -0.15) is 0 Å². The van der Waals surface area contributed by atoms with Crippen molar-refractivity contribution in [3.05, 3.63) is 90.3 Å². The fraction of sp³-hybridized carbons (Fsp3) is 0.125. The third kappa shape index (κ3) is 4.28. The number of aromatic nitrogens is 2. The van der Waals surface area contributed by atoms with Crippen molar-refractivity contribution >= 4 is 34.3 Å². The second kappa shape index (κ2) is 8.97. The second-order valence-electron chi connectivity index (χ2n) is 6.80. The fourth-order valence-electron chi connectivity index (χ4n) is 3.20. The lowest BCUT2D eigenvalue weighted by Gasteiger charge is -2.18. The Morgan fingerprint density at radius 1 is 1.00 bits per heavy atom. The number of nitrogens with one attached hydrogen (secondary N) is 1. The van der Waals surface area contributed by atoms with Crippen LogP contribution in [-0.2, 0) is 4.79 Å². The van der Waals surface area contributed by atoms with Crippen LogP contribution in [0.5, 0.6) is 5.75 Å². The van der Waals surface area contributed by atoms with E-state index in [1.54, 1.807) is 7.11 Å². The van der Waals surface area contributed by atoms with Crippen LogP contribution in [0.3, 0.4) is 0 Å². The van der Waals surface area contributed by atoms with Crippen molar-refractivity contribution in [1.82, 2.24) is 9.97 Å². The molecule has 1 aromatic heterocycles. The predicted molar refractivity (Wildman–Crippen MR) is 121 cm³/mol. The lowest BCUT2D eigenvalue weighted by atomic mass is 10.1. The Hall–Kier alpha value is -3.38. The summed E-state index contributed by atoms with van der Waals surface area (Å²) in [6.07, 6.45) is 1.54. The van der Waals surface area contributed by atoms with E-state index in [9.17, 15) is 4.79 Å². The highest BCUT2D eigenvalue weighted by Gasteiger charge is 2.24. The van der Waals surface area contributed by atoms with Crippen LogP contribution in [-0.4, -0.2) is 23.0 Å². The summed E-state index contributed by atoms with van der Waals surface area (Å²) in [5, 5.41) is 4.24. The van der Waals surface area contributed by atoms with Gasteiger partial charge < -0.3 is 10.1 Å². The number of hydrogen-bond acceptors (Lipinski definition) is 5. The van der Waals surface area contributed by atoms with Crippen molar-refractivity contribution < 1.29 is 9.53 Å². The van der Waals surface area contributed by atoms with E-state index in [1.807, 2.05) is 79.7 Å². The Labute approximate surface area is 179 Å². The maximum atomic E-state index is 13.4. The summed E-state index contributed by atoms with van der Waals surface area (Å²) in [5.41, 5.74) is 3.44. The standard InChI is InChI=1S/C24H21N3O2S/c1-16-12-13-21(29-2)20(14-16)27-23(28)22(17-8-4-3-5-9-17)30-24-18-10-6-7-11-19(18)25-15-26-24/h3-15,22H,1-2H3,(H,27,28). The number of nitrogens with zero attached hydrogens (tertiary/aromatic N) is 2. The highest BCUT2D eigenvalue weighted by atomic mass is 32.2. The summed E-state index contributed by atoms with van der Waals surface area (Å²) in [7, 11) is 1.59. The van der Waals surface area contributed by atoms with Crippen LogP contribution in [0.4, 0.5) is 5.69 Å². The Balaban J connectivity index is 1.70. The zero-order valence-electron chi connectivity index (χ0n) is 16.7. The minimum Gasteiger partial charge on any atom is -0.495 e. The molecule has 4 rings (SSSR count). The van der Waals surface area contributed by atoms with E-state index >= 15 is 0 Å². The molecule has 1 unspecified atom stereocenters.